The van der Waals surface area contributed by atoms with Crippen molar-refractivity contribution in [2.75, 3.05) is 39.9 Å². The van der Waals surface area contributed by atoms with Gasteiger partial charge in [0.15, 0.2) is 0 Å². The van der Waals surface area contributed by atoms with Gasteiger partial charge in [0.2, 0.25) is 0 Å². The zero-order valence-electron chi connectivity index (χ0n) is 16.2. The lowest BCUT2D eigenvalue weighted by atomic mass is 9.77. The van der Waals surface area contributed by atoms with Crippen molar-refractivity contribution >= 4 is 12.4 Å². The summed E-state index contributed by atoms with van der Waals surface area (Å²) >= 11 is 0. The zero-order valence-corrected chi connectivity index (χ0v) is 17.1. The monoisotopic (exact) mass is 450 g/mol. The minimum Gasteiger partial charge on any atom is -0.496 e. The highest BCUT2D eigenvalue weighted by atomic mass is 35.5. The van der Waals surface area contributed by atoms with E-state index in [0.717, 1.165) is 7.11 Å². The van der Waals surface area contributed by atoms with Gasteiger partial charge in [-0.15, -0.1) is 12.4 Å². The molecule has 4 nitrogen and oxygen atoms in total. The molecule has 0 saturated carbocycles. The molecule has 1 aromatic carbocycles. The maximum absolute atomic E-state index is 13.8. The molecule has 1 atom stereocenters. The molecule has 1 saturated heterocycles. The van der Waals surface area contributed by atoms with Gasteiger partial charge in [-0.05, 0) is 12.1 Å². The number of hydrogen-bond donors (Lipinski definition) is 2. The molecule has 0 aromatic heterocycles. The Morgan fingerprint density at radius 3 is 2.03 bits per heavy atom. The molecule has 1 heterocycles. The summed E-state index contributed by atoms with van der Waals surface area (Å²) in [5.41, 5.74) is -4.28. The Morgan fingerprint density at radius 2 is 1.62 bits per heavy atom. The molecule has 2 rings (SSSR count). The molecule has 0 unspecified atom stereocenters. The molecule has 2 N–H and O–H groups in total. The molecule has 1 aliphatic heterocycles. The van der Waals surface area contributed by atoms with Crippen LogP contribution in [0.3, 0.4) is 0 Å². The van der Waals surface area contributed by atoms with E-state index in [2.05, 4.69) is 5.32 Å². The van der Waals surface area contributed by atoms with E-state index in [1.165, 1.54) is 0 Å². The second kappa shape index (κ2) is 9.28. The number of ether oxygens (including phenoxy) is 1. The van der Waals surface area contributed by atoms with Crippen molar-refractivity contribution in [3.8, 4) is 5.75 Å². The molecule has 0 radical (unpaired) electrons. The van der Waals surface area contributed by atoms with Crippen molar-refractivity contribution < 1.29 is 36.2 Å². The van der Waals surface area contributed by atoms with Crippen molar-refractivity contribution in [3.05, 3.63) is 28.8 Å². The fraction of sp³-hybridized carbons (Fsp3) is 0.667. The Morgan fingerprint density at radius 1 is 1.07 bits per heavy atom. The molecule has 1 aromatic rings. The summed E-state index contributed by atoms with van der Waals surface area (Å²) < 4.78 is 86.0. The number of piperazine rings is 1. The largest absolute Gasteiger partial charge is 0.496 e. The van der Waals surface area contributed by atoms with Gasteiger partial charge in [-0.2, -0.15) is 26.3 Å². The predicted molar refractivity (Wildman–Crippen MR) is 98.3 cm³/mol. The highest BCUT2D eigenvalue weighted by molar-refractivity contribution is 5.85. The van der Waals surface area contributed by atoms with Gasteiger partial charge in [0.1, 0.15) is 5.75 Å². The van der Waals surface area contributed by atoms with E-state index in [1.807, 2.05) is 0 Å². The summed E-state index contributed by atoms with van der Waals surface area (Å²) in [7, 11) is 1.04. The predicted octanol–water partition coefficient (Wildman–Crippen LogP) is 4.12. The number of aliphatic hydroxyl groups excluding tert-OH is 1. The number of nitrogens with one attached hydrogen (secondary N) is 1. The average molecular weight is 451 g/mol. The van der Waals surface area contributed by atoms with E-state index in [0.29, 0.717) is 32.2 Å². The summed E-state index contributed by atoms with van der Waals surface area (Å²) in [6.07, 6.45) is -9.98. The van der Waals surface area contributed by atoms with Crippen LogP contribution < -0.4 is 10.1 Å². The minimum absolute atomic E-state index is 0. The number of aliphatic hydroxyl groups is 1. The van der Waals surface area contributed by atoms with Crippen LogP contribution in [0, 0.1) is 5.41 Å². The first-order valence-electron chi connectivity index (χ1n) is 8.75. The summed E-state index contributed by atoms with van der Waals surface area (Å²) in [6, 6.07) is -0.276. The second-order valence-corrected chi connectivity index (χ2v) is 7.47. The molecule has 11 heteroatoms. The topological polar surface area (TPSA) is 44.7 Å². The quantitative estimate of drug-likeness (QED) is 0.662. The molecule has 168 valence electrons. The van der Waals surface area contributed by atoms with E-state index < -0.39 is 47.3 Å². The molecular formula is C18H25ClF6N2O2. The molecule has 29 heavy (non-hydrogen) atoms. The van der Waals surface area contributed by atoms with E-state index in [1.54, 1.807) is 18.7 Å². The van der Waals surface area contributed by atoms with Crippen molar-refractivity contribution in [3.63, 3.8) is 0 Å². The van der Waals surface area contributed by atoms with E-state index in [-0.39, 0.29) is 24.0 Å². The summed E-state index contributed by atoms with van der Waals surface area (Å²) in [5.74, 6) is -0.493. The number of alkyl halides is 6. The molecule has 0 bridgehead atoms. The van der Waals surface area contributed by atoms with Crippen LogP contribution in [0.15, 0.2) is 12.1 Å². The van der Waals surface area contributed by atoms with Gasteiger partial charge < -0.3 is 15.2 Å². The van der Waals surface area contributed by atoms with Crippen LogP contribution in [0.25, 0.3) is 0 Å². The van der Waals surface area contributed by atoms with Crippen molar-refractivity contribution in [2.24, 2.45) is 5.41 Å². The van der Waals surface area contributed by atoms with Crippen LogP contribution >= 0.6 is 12.4 Å². The Bertz CT molecular complexity index is 688. The van der Waals surface area contributed by atoms with Gasteiger partial charge in [-0.3, -0.25) is 4.90 Å². The van der Waals surface area contributed by atoms with Gasteiger partial charge in [0.05, 0.1) is 18.2 Å². The molecule has 0 aliphatic carbocycles. The summed E-state index contributed by atoms with van der Waals surface area (Å²) in [6.45, 7) is 4.51. The highest BCUT2D eigenvalue weighted by Crippen LogP contribution is 2.49. The van der Waals surface area contributed by atoms with Crippen LogP contribution in [-0.2, 0) is 12.4 Å². The summed E-state index contributed by atoms with van der Waals surface area (Å²) in [4.78, 5) is 1.74. The van der Waals surface area contributed by atoms with Gasteiger partial charge in [0, 0.05) is 49.8 Å². The SMILES string of the molecule is COc1cc(C(F)(F)F)cc(C(F)(F)F)c1[C@H](N1CCNCC1)C(C)(C)CO.Cl. The number of methoxy groups -OCH3 is 1. The standard InChI is InChI=1S/C18H24F6N2O2.ClH/c1-16(2,10-27)15(26-6-4-25-5-7-26)14-12(18(22,23)24)8-11(17(19,20)21)9-13(14)28-3;/h8-9,15,25,27H,4-7,10H2,1-3H3;1H/t15-;/m0./s1. The first-order valence-corrected chi connectivity index (χ1v) is 8.75. The fourth-order valence-corrected chi connectivity index (χ4v) is 3.57. The lowest BCUT2D eigenvalue weighted by Gasteiger charge is -2.44. The van der Waals surface area contributed by atoms with Gasteiger partial charge in [-0.25, -0.2) is 0 Å². The van der Waals surface area contributed by atoms with Crippen molar-refractivity contribution in [1.82, 2.24) is 10.2 Å². The normalized spacial score (nSPS) is 17.6. The van der Waals surface area contributed by atoms with Crippen molar-refractivity contribution in [1.29, 1.82) is 0 Å². The lowest BCUT2D eigenvalue weighted by Crippen LogP contribution is -2.50. The number of nitrogens with zero attached hydrogens (tertiary/aromatic N) is 1. The third kappa shape index (κ3) is 5.68. The van der Waals surface area contributed by atoms with Crippen molar-refractivity contribution in [2.45, 2.75) is 32.2 Å². The Labute approximate surface area is 171 Å². The van der Waals surface area contributed by atoms with Crippen LogP contribution in [-0.4, -0.2) is 49.9 Å². The maximum Gasteiger partial charge on any atom is 0.416 e. The lowest BCUT2D eigenvalue weighted by molar-refractivity contribution is -0.144. The second-order valence-electron chi connectivity index (χ2n) is 7.47. The van der Waals surface area contributed by atoms with E-state index >= 15 is 0 Å². The van der Waals surface area contributed by atoms with Gasteiger partial charge >= 0.3 is 12.4 Å². The van der Waals surface area contributed by atoms with Crippen LogP contribution in [0.4, 0.5) is 26.3 Å². The maximum atomic E-state index is 13.8. The molecule has 0 amide bonds. The highest BCUT2D eigenvalue weighted by Gasteiger charge is 2.46. The molecular weight excluding hydrogens is 426 g/mol. The van der Waals surface area contributed by atoms with Crippen LogP contribution in [0.1, 0.15) is 36.6 Å². The average Bonchev–Trinajstić information content (AvgIpc) is 2.60. The third-order valence-corrected chi connectivity index (χ3v) is 4.93. The van der Waals surface area contributed by atoms with Gasteiger partial charge in [0.25, 0.3) is 0 Å². The molecule has 1 fully saturated rings. The summed E-state index contributed by atoms with van der Waals surface area (Å²) in [5, 5.41) is 12.9. The minimum atomic E-state index is -5.03. The van der Waals surface area contributed by atoms with Gasteiger partial charge in [-0.1, -0.05) is 13.8 Å². The smallest absolute Gasteiger partial charge is 0.416 e. The fourth-order valence-electron chi connectivity index (χ4n) is 3.57. The third-order valence-electron chi connectivity index (χ3n) is 4.93. The Hall–Kier alpha value is -1.23. The number of rotatable bonds is 5. The Kier molecular flexibility index (Phi) is 8.26. The number of hydrogen-bond acceptors (Lipinski definition) is 4. The van der Waals surface area contributed by atoms with E-state index in [4.69, 9.17) is 4.74 Å². The molecule has 1 aliphatic rings. The molecule has 0 spiro atoms. The number of benzene rings is 1. The first-order chi connectivity index (χ1) is 12.8. The zero-order chi connectivity index (χ0) is 21.3. The Balaban J connectivity index is 0.00000420. The number of halogens is 7. The first kappa shape index (κ1) is 25.8. The van der Waals surface area contributed by atoms with Crippen LogP contribution in [0.2, 0.25) is 0 Å². The van der Waals surface area contributed by atoms with E-state index in [9.17, 15) is 31.4 Å². The van der Waals surface area contributed by atoms with Crippen LogP contribution in [0.5, 0.6) is 5.75 Å².